The second-order valence-electron chi connectivity index (χ2n) is 2.37. The molecule has 0 saturated heterocycles. The van der Waals surface area contributed by atoms with Gasteiger partial charge in [-0.15, -0.1) is 0 Å². The molecule has 0 unspecified atom stereocenters. The van der Waals surface area contributed by atoms with Crippen LogP contribution in [0.5, 0.6) is 0 Å². The zero-order valence-electron chi connectivity index (χ0n) is 7.26. The number of benzene rings is 1. The van der Waals surface area contributed by atoms with Gasteiger partial charge >= 0.3 is 35.5 Å². The molecule has 0 bridgehead atoms. The summed E-state index contributed by atoms with van der Waals surface area (Å²) in [4.78, 5) is 10.0. The van der Waals surface area contributed by atoms with Crippen molar-refractivity contribution in [1.82, 2.24) is 0 Å². The largest absolute Gasteiger partial charge is 1.00 e. The Kier molecular flexibility index (Phi) is 5.22. The first-order chi connectivity index (χ1) is 5.94. The molecule has 0 radical (unpaired) electrons. The minimum Gasteiger partial charge on any atom is -0.544 e. The van der Waals surface area contributed by atoms with Crippen molar-refractivity contribution < 1.29 is 48.2 Å². The molecule has 1 rings (SSSR count). The zero-order chi connectivity index (χ0) is 10.1. The van der Waals surface area contributed by atoms with Crippen molar-refractivity contribution in [2.24, 2.45) is 0 Å². The van der Waals surface area contributed by atoms with Crippen LogP contribution < -0.4 is 34.7 Å². The Balaban J connectivity index is 0.00000169. The van der Waals surface area contributed by atoms with E-state index in [0.717, 1.165) is 12.1 Å². The average Bonchev–Trinajstić information content (AvgIpc) is 2.04. The third-order valence-electron chi connectivity index (χ3n) is 1.46. The molecule has 70 valence electrons. The second-order valence-corrected chi connectivity index (χ2v) is 3.28. The fourth-order valence-electron chi connectivity index (χ4n) is 0.777. The number of carbonyl (C=O) groups excluding carboxylic acids is 1. The molecule has 0 heterocycles. The van der Waals surface area contributed by atoms with E-state index in [0.29, 0.717) is 4.47 Å². The Labute approximate surface area is 110 Å². The molecule has 0 saturated carbocycles. The summed E-state index contributed by atoms with van der Waals surface area (Å²) in [6.45, 7) is 0. The molecule has 0 atom stereocenters. The number of aliphatic carboxylic acids is 1. The van der Waals surface area contributed by atoms with Crippen molar-refractivity contribution in [3.05, 3.63) is 34.3 Å². The van der Waals surface area contributed by atoms with E-state index in [9.17, 15) is 18.7 Å². The number of carboxylic acid groups (broad SMARTS) is 1. The van der Waals surface area contributed by atoms with Crippen LogP contribution in [0, 0.1) is 0 Å². The number of carbonyl (C=O) groups is 1. The number of halogens is 3. The van der Waals surface area contributed by atoms with Crippen LogP contribution in [0.2, 0.25) is 0 Å². The van der Waals surface area contributed by atoms with E-state index in [1.807, 2.05) is 0 Å². The molecule has 2 nitrogen and oxygen atoms in total. The summed E-state index contributed by atoms with van der Waals surface area (Å²) >= 11 is 3.04. The minimum atomic E-state index is -3.93. The van der Waals surface area contributed by atoms with E-state index >= 15 is 0 Å². The summed E-state index contributed by atoms with van der Waals surface area (Å²) in [5.74, 6) is -6.32. The van der Waals surface area contributed by atoms with E-state index < -0.39 is 17.5 Å². The van der Waals surface area contributed by atoms with Crippen LogP contribution >= 0.6 is 15.9 Å². The van der Waals surface area contributed by atoms with Crippen LogP contribution in [0.15, 0.2) is 28.7 Å². The first-order valence-electron chi connectivity index (χ1n) is 3.30. The Bertz CT molecular complexity index is 327. The molecule has 0 fully saturated rings. The summed E-state index contributed by atoms with van der Waals surface area (Å²) in [6, 6.07) is 4.73. The first kappa shape index (κ1) is 14.0. The van der Waals surface area contributed by atoms with E-state index in [1.54, 1.807) is 0 Å². The second kappa shape index (κ2) is 5.21. The van der Waals surface area contributed by atoms with E-state index in [2.05, 4.69) is 15.9 Å². The molecule has 0 aliphatic carbocycles. The summed E-state index contributed by atoms with van der Waals surface area (Å²) in [5, 5.41) is 10.0. The smallest absolute Gasteiger partial charge is 0.544 e. The van der Waals surface area contributed by atoms with Gasteiger partial charge in [0, 0.05) is 10.0 Å². The SMILES string of the molecule is O=C([O-])C(F)(F)c1ccc(Br)cc1.[Na+]. The van der Waals surface area contributed by atoms with E-state index in [-0.39, 0.29) is 29.6 Å². The molecule has 0 amide bonds. The molecule has 0 N–H and O–H groups in total. The quantitative estimate of drug-likeness (QED) is 0.602. The summed E-state index contributed by atoms with van der Waals surface area (Å²) in [5.41, 5.74) is -0.587. The summed E-state index contributed by atoms with van der Waals surface area (Å²) in [7, 11) is 0. The Morgan fingerprint density at radius 2 is 1.71 bits per heavy atom. The Hall–Kier alpha value is 0.0300. The zero-order valence-corrected chi connectivity index (χ0v) is 10.8. The maximum Gasteiger partial charge on any atom is 1.00 e. The topological polar surface area (TPSA) is 40.1 Å². The maximum absolute atomic E-state index is 12.7. The predicted octanol–water partition coefficient (Wildman–Crippen LogP) is -1.71. The molecule has 6 heteroatoms. The van der Waals surface area contributed by atoms with Crippen LogP contribution in [0.25, 0.3) is 0 Å². The van der Waals surface area contributed by atoms with Crippen molar-refractivity contribution in [2.45, 2.75) is 5.92 Å². The molecular weight excluding hydrogens is 269 g/mol. The van der Waals surface area contributed by atoms with Gasteiger partial charge in [-0.3, -0.25) is 0 Å². The molecule has 0 aliphatic rings. The van der Waals surface area contributed by atoms with E-state index in [4.69, 9.17) is 0 Å². The van der Waals surface area contributed by atoms with Gasteiger partial charge in [-0.25, -0.2) is 0 Å². The third kappa shape index (κ3) is 3.02. The van der Waals surface area contributed by atoms with Gasteiger partial charge in [0.25, 0.3) is 0 Å². The molecular formula is C8H4BrF2NaO2. The van der Waals surface area contributed by atoms with Crippen LogP contribution in [0.4, 0.5) is 8.78 Å². The number of carboxylic acids is 1. The third-order valence-corrected chi connectivity index (χ3v) is 1.99. The fraction of sp³-hybridized carbons (Fsp3) is 0.125. The Morgan fingerprint density at radius 1 is 1.29 bits per heavy atom. The summed E-state index contributed by atoms with van der Waals surface area (Å²) < 4.78 is 26.1. The van der Waals surface area contributed by atoms with Gasteiger partial charge in [0.1, 0.15) is 5.97 Å². The van der Waals surface area contributed by atoms with Crippen LogP contribution in [0.3, 0.4) is 0 Å². The molecule has 0 spiro atoms. The normalized spacial score (nSPS) is 10.5. The molecule has 1 aromatic carbocycles. The van der Waals surface area contributed by atoms with Gasteiger partial charge in [0.2, 0.25) is 0 Å². The van der Waals surface area contributed by atoms with Crippen LogP contribution in [0.1, 0.15) is 5.56 Å². The van der Waals surface area contributed by atoms with Crippen molar-refractivity contribution in [1.29, 1.82) is 0 Å². The number of rotatable bonds is 2. The van der Waals surface area contributed by atoms with Gasteiger partial charge < -0.3 is 9.90 Å². The minimum absolute atomic E-state index is 0. The molecule has 0 aliphatic heterocycles. The van der Waals surface area contributed by atoms with Gasteiger partial charge in [-0.05, 0) is 12.1 Å². The van der Waals surface area contributed by atoms with Crippen LogP contribution in [-0.2, 0) is 10.7 Å². The number of hydrogen-bond donors (Lipinski definition) is 0. The summed E-state index contributed by atoms with van der Waals surface area (Å²) in [6.07, 6.45) is 0. The van der Waals surface area contributed by atoms with Gasteiger partial charge in [-0.2, -0.15) is 8.78 Å². The van der Waals surface area contributed by atoms with Gasteiger partial charge in [-0.1, -0.05) is 28.1 Å². The fourth-order valence-corrected chi connectivity index (χ4v) is 1.04. The van der Waals surface area contributed by atoms with Crippen molar-refractivity contribution in [3.63, 3.8) is 0 Å². The van der Waals surface area contributed by atoms with Gasteiger partial charge in [0.05, 0.1) is 0 Å². The standard InChI is InChI=1S/C8H5BrF2O2.Na/c9-6-3-1-5(2-4-6)8(10,11)7(12)13;/h1-4H,(H,12,13);/q;+1/p-1. The maximum atomic E-state index is 12.7. The Morgan fingerprint density at radius 3 is 2.07 bits per heavy atom. The molecule has 0 aromatic heterocycles. The van der Waals surface area contributed by atoms with Crippen molar-refractivity contribution >= 4 is 21.9 Å². The molecule has 14 heavy (non-hydrogen) atoms. The molecule has 1 aromatic rings. The number of alkyl halides is 2. The first-order valence-corrected chi connectivity index (χ1v) is 4.09. The predicted molar refractivity (Wildman–Crippen MR) is 43.0 cm³/mol. The number of hydrogen-bond acceptors (Lipinski definition) is 2. The van der Waals surface area contributed by atoms with Crippen LogP contribution in [-0.4, -0.2) is 5.97 Å². The van der Waals surface area contributed by atoms with Gasteiger partial charge in [0.15, 0.2) is 0 Å². The average molecular weight is 273 g/mol. The van der Waals surface area contributed by atoms with E-state index in [1.165, 1.54) is 12.1 Å². The van der Waals surface area contributed by atoms with Crippen molar-refractivity contribution in [3.8, 4) is 0 Å². The van der Waals surface area contributed by atoms with Crippen molar-refractivity contribution in [2.75, 3.05) is 0 Å². The monoisotopic (exact) mass is 272 g/mol.